The first-order chi connectivity index (χ1) is 9.81. The minimum atomic E-state index is 0. The van der Waals surface area contributed by atoms with Crippen LogP contribution < -0.4 is 5.32 Å². The van der Waals surface area contributed by atoms with Gasteiger partial charge in [0, 0.05) is 57.4 Å². The third kappa shape index (κ3) is 5.76. The fourth-order valence-electron chi connectivity index (χ4n) is 2.89. The number of hydrogen-bond acceptors (Lipinski definition) is 4. The number of aromatic nitrogens is 2. The van der Waals surface area contributed by atoms with Gasteiger partial charge in [-0.25, -0.2) is 0 Å². The first-order valence-electron chi connectivity index (χ1n) is 7.63. The summed E-state index contributed by atoms with van der Waals surface area (Å²) in [6.45, 7) is 12.9. The average molecular weight is 387 g/mol. The monoisotopic (exact) mass is 385 g/mol. The number of rotatable bonds is 5. The van der Waals surface area contributed by atoms with Gasteiger partial charge < -0.3 is 10.2 Å². The van der Waals surface area contributed by atoms with E-state index in [9.17, 15) is 0 Å². The molecule has 0 bridgehead atoms. The Morgan fingerprint density at radius 2 is 1.70 bits per heavy atom. The summed E-state index contributed by atoms with van der Waals surface area (Å²) in [4.78, 5) is 4.95. The Kier molecular flexibility index (Phi) is 9.43. The molecule has 2 heterocycles. The summed E-state index contributed by atoms with van der Waals surface area (Å²) >= 11 is 6.27. The van der Waals surface area contributed by atoms with Crippen molar-refractivity contribution in [3.8, 4) is 0 Å². The Labute approximate surface area is 157 Å². The van der Waals surface area contributed by atoms with Gasteiger partial charge in [0.25, 0.3) is 0 Å². The van der Waals surface area contributed by atoms with E-state index in [0.29, 0.717) is 0 Å². The van der Waals surface area contributed by atoms with Crippen LogP contribution in [0.5, 0.6) is 0 Å². The lowest BCUT2D eigenvalue weighted by Gasteiger charge is -2.43. The summed E-state index contributed by atoms with van der Waals surface area (Å²) in [7, 11) is 4.07. The molecule has 0 radical (unpaired) electrons. The third-order valence-electron chi connectivity index (χ3n) is 4.49. The highest BCUT2D eigenvalue weighted by Crippen LogP contribution is 2.19. The molecule has 0 unspecified atom stereocenters. The molecule has 136 valence electrons. The molecule has 1 fully saturated rings. The highest BCUT2D eigenvalue weighted by molar-refractivity contribution is 6.30. The van der Waals surface area contributed by atoms with Crippen molar-refractivity contribution in [1.82, 2.24) is 24.9 Å². The van der Waals surface area contributed by atoms with Crippen LogP contribution in [0, 0.1) is 6.92 Å². The van der Waals surface area contributed by atoms with Gasteiger partial charge in [0.1, 0.15) is 5.15 Å². The Bertz CT molecular complexity index is 482. The van der Waals surface area contributed by atoms with Crippen LogP contribution in [0.15, 0.2) is 0 Å². The maximum atomic E-state index is 6.27. The summed E-state index contributed by atoms with van der Waals surface area (Å²) in [5, 5.41) is 8.64. The number of nitrogens with zero attached hydrogens (tertiary/aromatic N) is 4. The second-order valence-corrected chi connectivity index (χ2v) is 7.04. The lowest BCUT2D eigenvalue weighted by Crippen LogP contribution is -2.57. The Morgan fingerprint density at radius 3 is 2.17 bits per heavy atom. The molecule has 1 aliphatic heterocycles. The fraction of sp³-hybridized carbons (Fsp3) is 0.800. The van der Waals surface area contributed by atoms with Crippen molar-refractivity contribution in [3.63, 3.8) is 0 Å². The van der Waals surface area contributed by atoms with Crippen LogP contribution in [-0.4, -0.2) is 64.9 Å². The van der Waals surface area contributed by atoms with Crippen molar-refractivity contribution >= 4 is 36.4 Å². The molecule has 0 aliphatic carbocycles. The van der Waals surface area contributed by atoms with Gasteiger partial charge in [0.05, 0.1) is 5.69 Å². The molecule has 1 aliphatic rings. The Balaban J connectivity index is 0.00000242. The van der Waals surface area contributed by atoms with Gasteiger partial charge in [0.15, 0.2) is 0 Å². The topological polar surface area (TPSA) is 36.3 Å². The summed E-state index contributed by atoms with van der Waals surface area (Å²) in [5.41, 5.74) is 2.27. The van der Waals surface area contributed by atoms with Crippen LogP contribution in [0.25, 0.3) is 0 Å². The van der Waals surface area contributed by atoms with Gasteiger partial charge in [-0.05, 0) is 27.8 Å². The number of nitrogens with one attached hydrogen (secondary N) is 1. The van der Waals surface area contributed by atoms with E-state index in [4.69, 9.17) is 11.6 Å². The van der Waals surface area contributed by atoms with E-state index in [1.54, 1.807) is 4.68 Å². The summed E-state index contributed by atoms with van der Waals surface area (Å²) in [6, 6.07) is 0. The van der Waals surface area contributed by atoms with Crippen molar-refractivity contribution in [2.75, 3.05) is 39.8 Å². The van der Waals surface area contributed by atoms with Crippen molar-refractivity contribution in [2.24, 2.45) is 7.05 Å². The zero-order chi connectivity index (χ0) is 15.6. The van der Waals surface area contributed by atoms with Crippen LogP contribution in [0.2, 0.25) is 5.15 Å². The molecule has 23 heavy (non-hydrogen) atoms. The molecule has 0 saturated carbocycles. The van der Waals surface area contributed by atoms with Gasteiger partial charge in [-0.15, -0.1) is 24.8 Å². The highest BCUT2D eigenvalue weighted by atomic mass is 35.5. The predicted molar refractivity (Wildman–Crippen MR) is 102 cm³/mol. The van der Waals surface area contributed by atoms with Crippen LogP contribution >= 0.6 is 36.4 Å². The van der Waals surface area contributed by atoms with Crippen molar-refractivity contribution < 1.29 is 0 Å². The van der Waals surface area contributed by atoms with Gasteiger partial charge in [-0.1, -0.05) is 11.6 Å². The van der Waals surface area contributed by atoms with Crippen molar-refractivity contribution in [2.45, 2.75) is 32.9 Å². The van der Waals surface area contributed by atoms with E-state index in [2.05, 4.69) is 41.1 Å². The van der Waals surface area contributed by atoms with Crippen LogP contribution in [0.4, 0.5) is 0 Å². The van der Waals surface area contributed by atoms with Gasteiger partial charge in [0.2, 0.25) is 0 Å². The van der Waals surface area contributed by atoms with Crippen molar-refractivity contribution in [3.05, 3.63) is 16.4 Å². The molecular formula is C15H30Cl3N5. The Hall–Kier alpha value is -0.0400. The zero-order valence-electron chi connectivity index (χ0n) is 14.7. The SMILES string of the molecule is Cc1nn(C)c(Cl)c1CNCC(C)(C)N1CCN(C)CC1.Cl.Cl. The highest BCUT2D eigenvalue weighted by Gasteiger charge is 2.28. The van der Waals surface area contributed by atoms with E-state index >= 15 is 0 Å². The van der Waals surface area contributed by atoms with E-state index in [1.807, 2.05) is 14.0 Å². The second-order valence-electron chi connectivity index (χ2n) is 6.68. The number of piperazine rings is 1. The number of halogens is 3. The minimum Gasteiger partial charge on any atom is -0.311 e. The first-order valence-corrected chi connectivity index (χ1v) is 8.01. The average Bonchev–Trinajstić information content (AvgIpc) is 2.65. The summed E-state index contributed by atoms with van der Waals surface area (Å²) in [6.07, 6.45) is 0. The molecule has 0 aromatic carbocycles. The lowest BCUT2D eigenvalue weighted by molar-refractivity contribution is 0.0618. The maximum absolute atomic E-state index is 6.27. The van der Waals surface area contributed by atoms with Gasteiger partial charge in [-0.3, -0.25) is 9.58 Å². The van der Waals surface area contributed by atoms with Gasteiger partial charge in [-0.2, -0.15) is 5.10 Å². The molecule has 0 atom stereocenters. The number of hydrogen-bond donors (Lipinski definition) is 1. The molecule has 1 aromatic rings. The van der Waals surface area contributed by atoms with Crippen LogP contribution in [-0.2, 0) is 13.6 Å². The second kappa shape index (κ2) is 9.44. The van der Waals surface area contributed by atoms with Crippen molar-refractivity contribution in [1.29, 1.82) is 0 Å². The zero-order valence-corrected chi connectivity index (χ0v) is 17.1. The number of aryl methyl sites for hydroxylation is 2. The molecule has 8 heteroatoms. The molecular weight excluding hydrogens is 357 g/mol. The third-order valence-corrected chi connectivity index (χ3v) is 4.96. The first kappa shape index (κ1) is 23.0. The quantitative estimate of drug-likeness (QED) is 0.842. The molecule has 1 N–H and O–H groups in total. The van der Waals surface area contributed by atoms with E-state index < -0.39 is 0 Å². The van der Waals surface area contributed by atoms with E-state index in [0.717, 1.165) is 55.7 Å². The summed E-state index contributed by atoms with van der Waals surface area (Å²) < 4.78 is 1.74. The normalized spacial score (nSPS) is 16.8. The number of likely N-dealkylation sites (N-methyl/N-ethyl adjacent to an activating group) is 1. The summed E-state index contributed by atoms with van der Waals surface area (Å²) in [5.74, 6) is 0. The molecule has 1 saturated heterocycles. The largest absolute Gasteiger partial charge is 0.311 e. The molecule has 2 rings (SSSR count). The van der Waals surface area contributed by atoms with Crippen LogP contribution in [0.1, 0.15) is 25.1 Å². The van der Waals surface area contributed by atoms with Gasteiger partial charge >= 0.3 is 0 Å². The smallest absolute Gasteiger partial charge is 0.131 e. The maximum Gasteiger partial charge on any atom is 0.131 e. The molecule has 0 amide bonds. The molecule has 1 aromatic heterocycles. The van der Waals surface area contributed by atoms with E-state index in [-0.39, 0.29) is 30.4 Å². The molecule has 5 nitrogen and oxygen atoms in total. The van der Waals surface area contributed by atoms with Crippen LogP contribution in [0.3, 0.4) is 0 Å². The lowest BCUT2D eigenvalue weighted by atomic mass is 10.0. The standard InChI is InChI=1S/C15H28ClN5.2ClH/c1-12-13(14(16)20(5)18-12)10-17-11-15(2,3)21-8-6-19(4)7-9-21;;/h17H,6-11H2,1-5H3;2*1H. The fourth-order valence-corrected chi connectivity index (χ4v) is 3.13. The minimum absolute atomic E-state index is 0. The van der Waals surface area contributed by atoms with E-state index in [1.165, 1.54) is 0 Å². The predicted octanol–water partition coefficient (Wildman–Crippen LogP) is 2.34. The Morgan fingerprint density at radius 1 is 1.13 bits per heavy atom. The molecule has 0 spiro atoms.